The smallest absolute Gasteiger partial charge is 0.317 e. The minimum Gasteiger partial charge on any atom is -0.357 e. The summed E-state index contributed by atoms with van der Waals surface area (Å²) in [6, 6.07) is 10.7. The van der Waals surface area contributed by atoms with Crippen LogP contribution in [0, 0.1) is 5.82 Å². The van der Waals surface area contributed by atoms with Crippen LogP contribution in [-0.4, -0.2) is 42.1 Å². The molecular weight excluding hydrogens is 355 g/mol. The van der Waals surface area contributed by atoms with Gasteiger partial charge < -0.3 is 15.1 Å². The van der Waals surface area contributed by atoms with Crippen LogP contribution in [-0.2, 0) is 6.54 Å². The molecule has 0 atom stereocenters. The van der Waals surface area contributed by atoms with E-state index in [1.807, 2.05) is 30.5 Å². The summed E-state index contributed by atoms with van der Waals surface area (Å²) < 4.78 is 13.9. The second-order valence-corrected chi connectivity index (χ2v) is 7.28. The van der Waals surface area contributed by atoms with Gasteiger partial charge in [0.2, 0.25) is 0 Å². The van der Waals surface area contributed by atoms with Gasteiger partial charge in [0.15, 0.2) is 0 Å². The number of urea groups is 1. The van der Waals surface area contributed by atoms with Crippen molar-refractivity contribution in [3.8, 4) is 0 Å². The molecule has 0 aliphatic carbocycles. The quantitative estimate of drug-likeness (QED) is 0.877. The number of nitrogens with zero attached hydrogens (tertiary/aromatic N) is 3. The molecule has 28 heavy (non-hydrogen) atoms. The summed E-state index contributed by atoms with van der Waals surface area (Å²) in [5, 5.41) is 2.95. The number of halogens is 1. The van der Waals surface area contributed by atoms with Crippen molar-refractivity contribution in [1.82, 2.24) is 15.2 Å². The number of anilines is 1. The van der Waals surface area contributed by atoms with Crippen LogP contribution in [0.4, 0.5) is 15.0 Å². The first kappa shape index (κ1) is 18.5. The number of benzene rings is 1. The average molecular weight is 380 g/mol. The highest BCUT2D eigenvalue weighted by molar-refractivity contribution is 5.76. The van der Waals surface area contributed by atoms with E-state index < -0.39 is 0 Å². The highest BCUT2D eigenvalue weighted by Gasteiger charge is 2.19. The molecule has 2 aromatic rings. The SMILES string of the molecule is O=C(NCc1ccc(N2CCCC2)nc1)N1CC=C(c2ccccc2F)CC1. The summed E-state index contributed by atoms with van der Waals surface area (Å²) in [5.74, 6) is 0.797. The monoisotopic (exact) mass is 380 g/mol. The molecule has 0 unspecified atom stereocenters. The fraction of sp³-hybridized carbons (Fsp3) is 0.364. The molecule has 2 amide bonds. The predicted octanol–water partition coefficient (Wildman–Crippen LogP) is 3.82. The molecule has 2 aliphatic rings. The van der Waals surface area contributed by atoms with Gasteiger partial charge in [-0.25, -0.2) is 14.2 Å². The van der Waals surface area contributed by atoms with E-state index in [4.69, 9.17) is 0 Å². The van der Waals surface area contributed by atoms with Crippen molar-refractivity contribution in [3.05, 3.63) is 65.6 Å². The van der Waals surface area contributed by atoms with Crippen LogP contribution in [0.15, 0.2) is 48.7 Å². The molecular formula is C22H25FN4O. The van der Waals surface area contributed by atoms with Crippen molar-refractivity contribution < 1.29 is 9.18 Å². The molecule has 4 rings (SSSR count). The van der Waals surface area contributed by atoms with Gasteiger partial charge in [-0.1, -0.05) is 30.3 Å². The molecule has 1 saturated heterocycles. The van der Waals surface area contributed by atoms with E-state index in [2.05, 4.69) is 15.2 Å². The first-order valence-corrected chi connectivity index (χ1v) is 9.87. The molecule has 0 spiro atoms. The zero-order valence-electron chi connectivity index (χ0n) is 15.9. The summed E-state index contributed by atoms with van der Waals surface area (Å²) in [6.07, 6.45) is 6.87. The van der Waals surface area contributed by atoms with Crippen molar-refractivity contribution in [3.63, 3.8) is 0 Å². The second kappa shape index (κ2) is 8.42. The first-order valence-electron chi connectivity index (χ1n) is 9.87. The standard InChI is InChI=1S/C22H25FN4O/c23-20-6-2-1-5-19(20)18-9-13-27(14-10-18)22(28)25-16-17-7-8-21(24-15-17)26-11-3-4-12-26/h1-2,5-9,15H,3-4,10-14,16H2,(H,25,28). The van der Waals surface area contributed by atoms with Crippen LogP contribution in [0.25, 0.3) is 5.57 Å². The summed E-state index contributed by atoms with van der Waals surface area (Å²) in [5.41, 5.74) is 2.58. The van der Waals surface area contributed by atoms with Gasteiger partial charge in [0, 0.05) is 44.5 Å². The Morgan fingerprint density at radius 2 is 1.93 bits per heavy atom. The van der Waals surface area contributed by atoms with E-state index in [1.54, 1.807) is 17.0 Å². The lowest BCUT2D eigenvalue weighted by Gasteiger charge is -2.27. The van der Waals surface area contributed by atoms with Gasteiger partial charge in [0.25, 0.3) is 0 Å². The van der Waals surface area contributed by atoms with Crippen molar-refractivity contribution in [1.29, 1.82) is 0 Å². The van der Waals surface area contributed by atoms with E-state index >= 15 is 0 Å². The molecule has 1 fully saturated rings. The van der Waals surface area contributed by atoms with Gasteiger partial charge in [-0.05, 0) is 42.5 Å². The maximum Gasteiger partial charge on any atom is 0.317 e. The predicted molar refractivity (Wildman–Crippen MR) is 108 cm³/mol. The van der Waals surface area contributed by atoms with E-state index in [-0.39, 0.29) is 11.8 Å². The minimum atomic E-state index is -0.212. The lowest BCUT2D eigenvalue weighted by molar-refractivity contribution is 0.202. The summed E-state index contributed by atoms with van der Waals surface area (Å²) in [7, 11) is 0. The number of hydrogen-bond donors (Lipinski definition) is 1. The number of carbonyl (C=O) groups excluding carboxylic acids is 1. The number of aromatic nitrogens is 1. The summed E-state index contributed by atoms with van der Waals surface area (Å²) in [6.45, 7) is 3.66. The van der Waals surface area contributed by atoms with Crippen molar-refractivity contribution in [2.45, 2.75) is 25.8 Å². The van der Waals surface area contributed by atoms with Gasteiger partial charge >= 0.3 is 6.03 Å². The van der Waals surface area contributed by atoms with Gasteiger partial charge in [0.05, 0.1) is 0 Å². The third-order valence-corrected chi connectivity index (χ3v) is 5.40. The van der Waals surface area contributed by atoms with Crippen LogP contribution >= 0.6 is 0 Å². The Balaban J connectivity index is 1.29. The minimum absolute atomic E-state index is 0.104. The molecule has 0 bridgehead atoms. The number of pyridine rings is 1. The number of hydrogen-bond acceptors (Lipinski definition) is 3. The van der Waals surface area contributed by atoms with Gasteiger partial charge in [-0.15, -0.1) is 0 Å². The first-order chi connectivity index (χ1) is 13.7. The number of rotatable bonds is 4. The Kier molecular flexibility index (Phi) is 5.55. The van der Waals surface area contributed by atoms with Gasteiger partial charge in [-0.2, -0.15) is 0 Å². The molecule has 5 nitrogen and oxygen atoms in total. The summed E-state index contributed by atoms with van der Waals surface area (Å²) in [4.78, 5) is 21.0. The zero-order valence-corrected chi connectivity index (χ0v) is 15.9. The third-order valence-electron chi connectivity index (χ3n) is 5.40. The lowest BCUT2D eigenvalue weighted by atomic mass is 9.99. The van der Waals surface area contributed by atoms with Crippen LogP contribution in [0.2, 0.25) is 0 Å². The summed E-state index contributed by atoms with van der Waals surface area (Å²) >= 11 is 0. The third kappa shape index (κ3) is 4.16. The Hall–Kier alpha value is -2.89. The molecule has 6 heteroatoms. The van der Waals surface area contributed by atoms with E-state index in [0.29, 0.717) is 31.6 Å². The Labute approximate surface area is 164 Å². The van der Waals surface area contributed by atoms with E-state index in [1.165, 1.54) is 18.9 Å². The number of amides is 2. The topological polar surface area (TPSA) is 48.5 Å². The van der Waals surface area contributed by atoms with Gasteiger partial charge in [-0.3, -0.25) is 0 Å². The highest BCUT2D eigenvalue weighted by Crippen LogP contribution is 2.24. The Morgan fingerprint density at radius 3 is 2.61 bits per heavy atom. The maximum atomic E-state index is 13.9. The van der Waals surface area contributed by atoms with Crippen molar-refractivity contribution in [2.75, 3.05) is 31.1 Å². The molecule has 0 radical (unpaired) electrons. The van der Waals surface area contributed by atoms with Crippen LogP contribution in [0.3, 0.4) is 0 Å². The maximum absolute atomic E-state index is 13.9. The molecule has 2 aliphatic heterocycles. The highest BCUT2D eigenvalue weighted by atomic mass is 19.1. The van der Waals surface area contributed by atoms with E-state index in [0.717, 1.165) is 30.0 Å². The van der Waals surface area contributed by atoms with Gasteiger partial charge in [0.1, 0.15) is 11.6 Å². The fourth-order valence-electron chi connectivity index (χ4n) is 3.76. The fourth-order valence-corrected chi connectivity index (χ4v) is 3.76. The lowest BCUT2D eigenvalue weighted by Crippen LogP contribution is -2.41. The number of carbonyl (C=O) groups is 1. The largest absolute Gasteiger partial charge is 0.357 e. The molecule has 1 N–H and O–H groups in total. The Morgan fingerprint density at radius 1 is 1.11 bits per heavy atom. The second-order valence-electron chi connectivity index (χ2n) is 7.28. The number of nitrogens with one attached hydrogen (secondary N) is 1. The molecule has 0 saturated carbocycles. The normalized spacial score (nSPS) is 16.8. The van der Waals surface area contributed by atoms with E-state index in [9.17, 15) is 9.18 Å². The molecule has 1 aromatic heterocycles. The van der Waals surface area contributed by atoms with Crippen molar-refractivity contribution in [2.24, 2.45) is 0 Å². The van der Waals surface area contributed by atoms with Crippen LogP contribution < -0.4 is 10.2 Å². The molecule has 3 heterocycles. The van der Waals surface area contributed by atoms with Crippen molar-refractivity contribution >= 4 is 17.4 Å². The molecule has 146 valence electrons. The zero-order chi connectivity index (χ0) is 19.3. The Bertz CT molecular complexity index is 859. The average Bonchev–Trinajstić information content (AvgIpc) is 3.28. The van der Waals surface area contributed by atoms with Crippen LogP contribution in [0.1, 0.15) is 30.4 Å². The van der Waals surface area contributed by atoms with Crippen LogP contribution in [0.5, 0.6) is 0 Å². The molecule has 1 aromatic carbocycles.